The zero-order valence-corrected chi connectivity index (χ0v) is 15.5. The van der Waals surface area contributed by atoms with Crippen molar-refractivity contribution in [2.75, 3.05) is 11.9 Å². The molecule has 1 aliphatic rings. The summed E-state index contributed by atoms with van der Waals surface area (Å²) in [6, 6.07) is -0.331. The molecule has 1 heterocycles. The quantitative estimate of drug-likeness (QED) is 0.783. The zero-order valence-electron chi connectivity index (χ0n) is 15.5. The Kier molecular flexibility index (Phi) is 5.58. The maximum atomic E-state index is 12.1. The molecular formula is C18H31N3O3. The number of aromatic nitrogens is 1. The van der Waals surface area contributed by atoms with Crippen molar-refractivity contribution in [3.05, 3.63) is 11.5 Å². The van der Waals surface area contributed by atoms with Gasteiger partial charge in [-0.1, -0.05) is 32.9 Å². The molecule has 0 unspecified atom stereocenters. The van der Waals surface area contributed by atoms with Crippen LogP contribution < -0.4 is 10.6 Å². The number of rotatable bonds is 4. The third-order valence-corrected chi connectivity index (χ3v) is 5.21. The Morgan fingerprint density at radius 1 is 1.38 bits per heavy atom. The van der Waals surface area contributed by atoms with Gasteiger partial charge < -0.3 is 20.3 Å². The summed E-state index contributed by atoms with van der Waals surface area (Å²) < 4.78 is 5.16. The minimum atomic E-state index is -0.809. The molecule has 1 aromatic heterocycles. The summed E-state index contributed by atoms with van der Waals surface area (Å²) in [5.74, 6) is 1.28. The van der Waals surface area contributed by atoms with Gasteiger partial charge in [0.2, 0.25) is 0 Å². The van der Waals surface area contributed by atoms with Crippen molar-refractivity contribution in [2.24, 2.45) is 11.3 Å². The van der Waals surface area contributed by atoms with Crippen LogP contribution in [0.5, 0.6) is 0 Å². The number of carbonyl (C=O) groups is 1. The van der Waals surface area contributed by atoms with E-state index in [1.54, 1.807) is 6.92 Å². The SMILES string of the molecule is CCc1onc(C)c1NC(=O)NCC1(O)CCC(C(C)(C)C)CC1. The number of nitrogens with one attached hydrogen (secondary N) is 2. The Morgan fingerprint density at radius 3 is 2.54 bits per heavy atom. The highest BCUT2D eigenvalue weighted by Gasteiger charge is 2.37. The molecule has 0 atom stereocenters. The molecule has 6 nitrogen and oxygen atoms in total. The molecule has 0 radical (unpaired) electrons. The average molecular weight is 337 g/mol. The van der Waals surface area contributed by atoms with E-state index in [1.165, 1.54) is 0 Å². The highest BCUT2D eigenvalue weighted by molar-refractivity contribution is 5.90. The largest absolute Gasteiger partial charge is 0.388 e. The van der Waals surface area contributed by atoms with E-state index in [9.17, 15) is 9.90 Å². The molecule has 24 heavy (non-hydrogen) atoms. The van der Waals surface area contributed by atoms with Gasteiger partial charge in [-0.2, -0.15) is 0 Å². The van der Waals surface area contributed by atoms with Gasteiger partial charge in [-0.15, -0.1) is 0 Å². The van der Waals surface area contributed by atoms with Gasteiger partial charge in [-0.3, -0.25) is 0 Å². The molecule has 1 fully saturated rings. The molecule has 0 aliphatic heterocycles. The third-order valence-electron chi connectivity index (χ3n) is 5.21. The Hall–Kier alpha value is -1.56. The van der Waals surface area contributed by atoms with Crippen molar-refractivity contribution >= 4 is 11.7 Å². The fourth-order valence-electron chi connectivity index (χ4n) is 3.42. The molecule has 0 saturated heterocycles. The molecule has 136 valence electrons. The number of anilines is 1. The van der Waals surface area contributed by atoms with Gasteiger partial charge in [-0.25, -0.2) is 4.79 Å². The second-order valence-corrected chi connectivity index (χ2v) is 8.09. The van der Waals surface area contributed by atoms with Gasteiger partial charge in [0, 0.05) is 13.0 Å². The fourth-order valence-corrected chi connectivity index (χ4v) is 3.42. The van der Waals surface area contributed by atoms with Crippen LogP contribution in [0.25, 0.3) is 0 Å². The molecule has 1 aliphatic carbocycles. The monoisotopic (exact) mass is 337 g/mol. The second kappa shape index (κ2) is 7.13. The summed E-state index contributed by atoms with van der Waals surface area (Å²) in [5.41, 5.74) is 0.745. The van der Waals surface area contributed by atoms with Crippen molar-refractivity contribution in [3.63, 3.8) is 0 Å². The topological polar surface area (TPSA) is 87.4 Å². The maximum absolute atomic E-state index is 12.1. The molecule has 0 spiro atoms. The molecular weight excluding hydrogens is 306 g/mol. The van der Waals surface area contributed by atoms with Crippen LogP contribution in [0.2, 0.25) is 0 Å². The van der Waals surface area contributed by atoms with Crippen LogP contribution in [-0.4, -0.2) is 28.4 Å². The maximum Gasteiger partial charge on any atom is 0.319 e. The number of aryl methyl sites for hydroxylation is 2. The number of amides is 2. The Labute approximate surface area is 144 Å². The molecule has 1 aromatic rings. The van der Waals surface area contributed by atoms with Crippen molar-refractivity contribution in [1.29, 1.82) is 0 Å². The number of carbonyl (C=O) groups excluding carboxylic acids is 1. The molecule has 0 aromatic carbocycles. The summed E-state index contributed by atoms with van der Waals surface area (Å²) in [6.45, 7) is 10.8. The summed E-state index contributed by atoms with van der Waals surface area (Å²) in [6.07, 6.45) is 4.10. The van der Waals surface area contributed by atoms with E-state index in [-0.39, 0.29) is 18.0 Å². The van der Waals surface area contributed by atoms with Crippen LogP contribution >= 0.6 is 0 Å². The number of urea groups is 1. The lowest BCUT2D eigenvalue weighted by atomic mass is 9.68. The van der Waals surface area contributed by atoms with Crippen LogP contribution in [0.4, 0.5) is 10.5 Å². The fraction of sp³-hybridized carbons (Fsp3) is 0.778. The first-order valence-corrected chi connectivity index (χ1v) is 8.87. The first-order valence-electron chi connectivity index (χ1n) is 8.87. The number of aliphatic hydroxyl groups is 1. The molecule has 3 N–H and O–H groups in total. The van der Waals surface area contributed by atoms with E-state index in [0.717, 1.165) is 25.7 Å². The molecule has 1 saturated carbocycles. The number of hydrogen-bond acceptors (Lipinski definition) is 4. The van der Waals surface area contributed by atoms with Crippen molar-refractivity contribution in [2.45, 2.75) is 72.3 Å². The van der Waals surface area contributed by atoms with Crippen molar-refractivity contribution in [1.82, 2.24) is 10.5 Å². The van der Waals surface area contributed by atoms with E-state index in [2.05, 4.69) is 36.6 Å². The van der Waals surface area contributed by atoms with Gasteiger partial charge in [0.25, 0.3) is 0 Å². The lowest BCUT2D eigenvalue weighted by Gasteiger charge is -2.41. The highest BCUT2D eigenvalue weighted by atomic mass is 16.5. The lowest BCUT2D eigenvalue weighted by molar-refractivity contribution is -0.0216. The smallest absolute Gasteiger partial charge is 0.319 e. The molecule has 2 amide bonds. The van der Waals surface area contributed by atoms with Gasteiger partial charge in [-0.05, 0) is 43.9 Å². The van der Waals surface area contributed by atoms with Gasteiger partial charge in [0.05, 0.1) is 5.60 Å². The van der Waals surface area contributed by atoms with Crippen molar-refractivity contribution in [3.8, 4) is 0 Å². The Morgan fingerprint density at radius 2 is 2.00 bits per heavy atom. The summed E-state index contributed by atoms with van der Waals surface area (Å²) in [7, 11) is 0. The minimum Gasteiger partial charge on any atom is -0.388 e. The third kappa shape index (κ3) is 4.50. The van der Waals surface area contributed by atoms with E-state index >= 15 is 0 Å². The van der Waals surface area contributed by atoms with Crippen LogP contribution in [0.3, 0.4) is 0 Å². The van der Waals surface area contributed by atoms with Gasteiger partial charge in [0.1, 0.15) is 11.4 Å². The van der Waals surface area contributed by atoms with E-state index < -0.39 is 5.60 Å². The van der Waals surface area contributed by atoms with E-state index in [4.69, 9.17) is 4.52 Å². The van der Waals surface area contributed by atoms with Gasteiger partial charge in [0.15, 0.2) is 5.76 Å². The van der Waals surface area contributed by atoms with E-state index in [1.807, 2.05) is 6.92 Å². The standard InChI is InChI=1S/C18H31N3O3/c1-6-14-15(12(2)21-24-14)20-16(22)19-11-18(23)9-7-13(8-10-18)17(3,4)5/h13,23H,6-11H2,1-5H3,(H2,19,20,22). The lowest BCUT2D eigenvalue weighted by Crippen LogP contribution is -2.47. The van der Waals surface area contributed by atoms with Crippen LogP contribution in [0.1, 0.15) is 64.8 Å². The van der Waals surface area contributed by atoms with E-state index in [0.29, 0.717) is 29.5 Å². The summed E-state index contributed by atoms with van der Waals surface area (Å²) in [5, 5.41) is 20.2. The van der Waals surface area contributed by atoms with Crippen molar-refractivity contribution < 1.29 is 14.4 Å². The predicted molar refractivity (Wildman–Crippen MR) is 94.0 cm³/mol. The van der Waals surface area contributed by atoms with Crippen LogP contribution in [-0.2, 0) is 6.42 Å². The molecule has 0 bridgehead atoms. The van der Waals surface area contributed by atoms with Gasteiger partial charge >= 0.3 is 6.03 Å². The average Bonchev–Trinajstić information content (AvgIpc) is 2.85. The van der Waals surface area contributed by atoms with Crippen LogP contribution in [0.15, 0.2) is 4.52 Å². The Bertz CT molecular complexity index is 567. The number of nitrogens with zero attached hydrogens (tertiary/aromatic N) is 1. The molecule has 2 rings (SSSR count). The molecule has 6 heteroatoms. The summed E-state index contributed by atoms with van der Waals surface area (Å²) >= 11 is 0. The predicted octanol–water partition coefficient (Wildman–Crippen LogP) is 3.63. The summed E-state index contributed by atoms with van der Waals surface area (Å²) in [4.78, 5) is 12.1. The minimum absolute atomic E-state index is 0.265. The zero-order chi connectivity index (χ0) is 18.0. The first-order chi connectivity index (χ1) is 11.1. The van der Waals surface area contributed by atoms with Crippen LogP contribution in [0, 0.1) is 18.3 Å². The normalized spacial score (nSPS) is 24.7. The first kappa shape index (κ1) is 18.8. The second-order valence-electron chi connectivity index (χ2n) is 8.09. The highest BCUT2D eigenvalue weighted by Crippen LogP contribution is 2.41. The number of hydrogen-bond donors (Lipinski definition) is 3. The Balaban J connectivity index is 1.85.